The van der Waals surface area contributed by atoms with E-state index in [1.807, 2.05) is 43.5 Å². The number of rotatable bonds is 3. The summed E-state index contributed by atoms with van der Waals surface area (Å²) in [5, 5.41) is 0.384. The number of halogens is 2. The Kier molecular flexibility index (Phi) is 3.68. The number of aryl methyl sites for hydroxylation is 2. The van der Waals surface area contributed by atoms with Crippen LogP contribution in [-0.2, 0) is 6.54 Å². The number of oxazole rings is 1. The number of benzene rings is 1. The molecule has 0 amide bonds. The molecule has 0 saturated carbocycles. The van der Waals surface area contributed by atoms with E-state index in [1.165, 1.54) is 0 Å². The second-order valence-corrected chi connectivity index (χ2v) is 6.09. The van der Waals surface area contributed by atoms with Gasteiger partial charge in [-0.25, -0.2) is 9.97 Å². The average Bonchev–Trinajstić information content (AvgIpc) is 2.93. The van der Waals surface area contributed by atoms with Gasteiger partial charge < -0.3 is 8.98 Å². The van der Waals surface area contributed by atoms with Gasteiger partial charge in [-0.05, 0) is 32.9 Å². The molecule has 0 aliphatic rings. The van der Waals surface area contributed by atoms with Gasteiger partial charge in [-0.2, -0.15) is 0 Å². The van der Waals surface area contributed by atoms with Crippen LogP contribution in [0.5, 0.6) is 0 Å². The standard InChI is InChI=1S/C15H15Cl2N3O/c1-8(16)15-19-14-11(17)5-4-6-12(14)20(15)7-13-18-9(2)10(3)21-13/h4-6,8H,7H2,1-3H3. The Bertz CT molecular complexity index is 785. The van der Waals surface area contributed by atoms with Crippen molar-refractivity contribution in [1.29, 1.82) is 0 Å². The molecule has 21 heavy (non-hydrogen) atoms. The molecule has 1 atom stereocenters. The van der Waals surface area contributed by atoms with Crippen LogP contribution in [0.25, 0.3) is 11.0 Å². The summed E-state index contributed by atoms with van der Waals surface area (Å²) in [6.07, 6.45) is 0. The number of hydrogen-bond donors (Lipinski definition) is 0. The van der Waals surface area contributed by atoms with Crippen LogP contribution in [0.3, 0.4) is 0 Å². The number of hydrogen-bond acceptors (Lipinski definition) is 3. The lowest BCUT2D eigenvalue weighted by Crippen LogP contribution is -2.06. The number of fused-ring (bicyclic) bond motifs is 1. The zero-order chi connectivity index (χ0) is 15.1. The summed E-state index contributed by atoms with van der Waals surface area (Å²) in [5.41, 5.74) is 2.58. The lowest BCUT2D eigenvalue weighted by Gasteiger charge is -2.08. The van der Waals surface area contributed by atoms with Crippen molar-refractivity contribution >= 4 is 34.2 Å². The van der Waals surface area contributed by atoms with E-state index in [0.717, 1.165) is 28.3 Å². The SMILES string of the molecule is Cc1nc(Cn2c(C(C)Cl)nc3c(Cl)cccc32)oc1C. The van der Waals surface area contributed by atoms with Crippen LogP contribution >= 0.6 is 23.2 Å². The van der Waals surface area contributed by atoms with E-state index in [-0.39, 0.29) is 5.38 Å². The molecule has 3 rings (SSSR count). The Morgan fingerprint density at radius 1 is 1.29 bits per heavy atom. The van der Waals surface area contributed by atoms with Crippen molar-refractivity contribution in [3.05, 3.63) is 46.4 Å². The van der Waals surface area contributed by atoms with Gasteiger partial charge in [-0.1, -0.05) is 17.7 Å². The first-order valence-corrected chi connectivity index (χ1v) is 7.50. The quantitative estimate of drug-likeness (QED) is 0.659. The molecule has 0 fully saturated rings. The second kappa shape index (κ2) is 5.35. The van der Waals surface area contributed by atoms with Crippen molar-refractivity contribution in [2.24, 2.45) is 0 Å². The predicted molar refractivity (Wildman–Crippen MR) is 84.1 cm³/mol. The van der Waals surface area contributed by atoms with Crippen molar-refractivity contribution in [1.82, 2.24) is 14.5 Å². The van der Waals surface area contributed by atoms with Gasteiger partial charge in [0.05, 0.1) is 21.6 Å². The summed E-state index contributed by atoms with van der Waals surface area (Å²) in [6, 6.07) is 5.70. The Labute approximate surface area is 132 Å². The minimum atomic E-state index is -0.231. The van der Waals surface area contributed by atoms with E-state index < -0.39 is 0 Å². The van der Waals surface area contributed by atoms with Crippen LogP contribution in [0.1, 0.15) is 35.5 Å². The molecular weight excluding hydrogens is 309 g/mol. The first kappa shape index (κ1) is 14.4. The van der Waals surface area contributed by atoms with Crippen LogP contribution in [0.4, 0.5) is 0 Å². The topological polar surface area (TPSA) is 43.9 Å². The van der Waals surface area contributed by atoms with Crippen LogP contribution in [0.2, 0.25) is 5.02 Å². The normalized spacial score (nSPS) is 13.0. The van der Waals surface area contributed by atoms with Gasteiger partial charge in [0.15, 0.2) is 0 Å². The summed E-state index contributed by atoms with van der Waals surface area (Å²) in [4.78, 5) is 8.99. The van der Waals surface area contributed by atoms with Gasteiger partial charge in [0, 0.05) is 0 Å². The largest absolute Gasteiger partial charge is 0.444 e. The molecule has 1 aromatic carbocycles. The Morgan fingerprint density at radius 3 is 2.67 bits per heavy atom. The van der Waals surface area contributed by atoms with Gasteiger partial charge in [-0.3, -0.25) is 0 Å². The van der Waals surface area contributed by atoms with Gasteiger partial charge in [-0.15, -0.1) is 11.6 Å². The fourth-order valence-corrected chi connectivity index (χ4v) is 2.72. The number of nitrogens with zero attached hydrogens (tertiary/aromatic N) is 3. The molecule has 3 aromatic rings. The predicted octanol–water partition coefficient (Wildman–Crippen LogP) is 4.64. The first-order chi connectivity index (χ1) is 9.97. The lowest BCUT2D eigenvalue weighted by molar-refractivity contribution is 0.456. The monoisotopic (exact) mass is 323 g/mol. The van der Waals surface area contributed by atoms with E-state index in [4.69, 9.17) is 27.6 Å². The maximum atomic E-state index is 6.26. The highest BCUT2D eigenvalue weighted by atomic mass is 35.5. The molecule has 0 radical (unpaired) electrons. The van der Waals surface area contributed by atoms with Crippen molar-refractivity contribution in [2.75, 3.05) is 0 Å². The van der Waals surface area contributed by atoms with Crippen molar-refractivity contribution in [3.8, 4) is 0 Å². The van der Waals surface area contributed by atoms with Crippen LogP contribution < -0.4 is 0 Å². The summed E-state index contributed by atoms with van der Waals surface area (Å²) in [7, 11) is 0. The highest BCUT2D eigenvalue weighted by Gasteiger charge is 2.18. The fraction of sp³-hybridized carbons (Fsp3) is 0.333. The lowest BCUT2D eigenvalue weighted by atomic mass is 10.3. The number of alkyl halides is 1. The Hall–Kier alpha value is -1.52. The number of aromatic nitrogens is 3. The summed E-state index contributed by atoms with van der Waals surface area (Å²) in [5.74, 6) is 2.23. The average molecular weight is 324 g/mol. The fourth-order valence-electron chi connectivity index (χ4n) is 2.34. The molecule has 0 N–H and O–H groups in total. The third kappa shape index (κ3) is 2.54. The minimum absolute atomic E-state index is 0.231. The molecular formula is C15H15Cl2N3O. The van der Waals surface area contributed by atoms with Gasteiger partial charge in [0.25, 0.3) is 0 Å². The van der Waals surface area contributed by atoms with E-state index in [0.29, 0.717) is 17.5 Å². The molecule has 0 spiro atoms. The summed E-state index contributed by atoms with van der Waals surface area (Å²) in [6.45, 7) is 6.20. The maximum absolute atomic E-state index is 6.26. The highest BCUT2D eigenvalue weighted by molar-refractivity contribution is 6.35. The zero-order valence-electron chi connectivity index (χ0n) is 12.0. The minimum Gasteiger partial charge on any atom is -0.444 e. The zero-order valence-corrected chi connectivity index (χ0v) is 13.5. The molecule has 0 aliphatic carbocycles. The molecule has 2 aromatic heterocycles. The molecule has 0 saturated heterocycles. The molecule has 0 bridgehead atoms. The van der Waals surface area contributed by atoms with Crippen molar-refractivity contribution in [3.63, 3.8) is 0 Å². The summed E-state index contributed by atoms with van der Waals surface area (Å²) < 4.78 is 7.67. The van der Waals surface area contributed by atoms with Gasteiger partial charge in [0.1, 0.15) is 23.6 Å². The maximum Gasteiger partial charge on any atom is 0.214 e. The number of imidazole rings is 1. The van der Waals surface area contributed by atoms with Gasteiger partial charge >= 0.3 is 0 Å². The second-order valence-electron chi connectivity index (χ2n) is 5.03. The third-order valence-corrected chi connectivity index (χ3v) is 3.98. The summed E-state index contributed by atoms with van der Waals surface area (Å²) >= 11 is 12.5. The highest BCUT2D eigenvalue weighted by Crippen LogP contribution is 2.29. The molecule has 4 nitrogen and oxygen atoms in total. The van der Waals surface area contributed by atoms with Crippen LogP contribution in [0, 0.1) is 13.8 Å². The van der Waals surface area contributed by atoms with Crippen LogP contribution in [-0.4, -0.2) is 14.5 Å². The van der Waals surface area contributed by atoms with Gasteiger partial charge in [0.2, 0.25) is 5.89 Å². The first-order valence-electron chi connectivity index (χ1n) is 6.69. The van der Waals surface area contributed by atoms with E-state index in [1.54, 1.807) is 0 Å². The van der Waals surface area contributed by atoms with Crippen molar-refractivity contribution in [2.45, 2.75) is 32.7 Å². The Morgan fingerprint density at radius 2 is 2.05 bits per heavy atom. The van der Waals surface area contributed by atoms with E-state index in [2.05, 4.69) is 9.97 Å². The van der Waals surface area contributed by atoms with Crippen LogP contribution in [0.15, 0.2) is 22.6 Å². The van der Waals surface area contributed by atoms with E-state index in [9.17, 15) is 0 Å². The van der Waals surface area contributed by atoms with E-state index >= 15 is 0 Å². The third-order valence-electron chi connectivity index (χ3n) is 3.48. The molecule has 0 aliphatic heterocycles. The molecule has 2 heterocycles. The molecule has 6 heteroatoms. The molecule has 110 valence electrons. The Balaban J connectivity index is 2.15. The smallest absolute Gasteiger partial charge is 0.214 e. The number of para-hydroxylation sites is 1. The molecule has 1 unspecified atom stereocenters. The van der Waals surface area contributed by atoms with Crippen molar-refractivity contribution < 1.29 is 4.42 Å².